The largest absolute Gasteiger partial charge is 0.383 e. The van der Waals surface area contributed by atoms with E-state index < -0.39 is 0 Å². The van der Waals surface area contributed by atoms with Gasteiger partial charge in [-0.1, -0.05) is 0 Å². The molecule has 0 aromatic carbocycles. The molecule has 3 heteroatoms. The Hall–Kier alpha value is -0.120. The standard InChI is InChI=1S/C11H22N2O/c1-13-5-3-4-11(13)9-6-10(8-14-2)12-7-9/h9-12H,3-8H2,1-2H3. The Morgan fingerprint density at radius 1 is 1.50 bits per heavy atom. The molecule has 0 aromatic heterocycles. The van der Waals surface area contributed by atoms with Crippen molar-refractivity contribution < 1.29 is 4.74 Å². The molecule has 2 fully saturated rings. The van der Waals surface area contributed by atoms with Crippen molar-refractivity contribution in [3.8, 4) is 0 Å². The second-order valence-electron chi connectivity index (χ2n) is 4.75. The molecule has 2 saturated heterocycles. The van der Waals surface area contributed by atoms with Crippen molar-refractivity contribution in [2.75, 3.05) is 33.9 Å². The van der Waals surface area contributed by atoms with Gasteiger partial charge in [-0.3, -0.25) is 0 Å². The maximum absolute atomic E-state index is 5.19. The van der Waals surface area contributed by atoms with Crippen LogP contribution in [0.15, 0.2) is 0 Å². The molecule has 3 unspecified atom stereocenters. The van der Waals surface area contributed by atoms with Crippen molar-refractivity contribution in [1.29, 1.82) is 0 Å². The van der Waals surface area contributed by atoms with Crippen molar-refractivity contribution in [3.05, 3.63) is 0 Å². The molecule has 1 N–H and O–H groups in total. The van der Waals surface area contributed by atoms with E-state index in [-0.39, 0.29) is 0 Å². The number of rotatable bonds is 3. The highest BCUT2D eigenvalue weighted by molar-refractivity contribution is 4.91. The van der Waals surface area contributed by atoms with Crippen LogP contribution in [0.3, 0.4) is 0 Å². The fourth-order valence-electron chi connectivity index (χ4n) is 3.00. The topological polar surface area (TPSA) is 24.5 Å². The Labute approximate surface area is 86.8 Å². The van der Waals surface area contributed by atoms with Crippen LogP contribution in [0.4, 0.5) is 0 Å². The minimum absolute atomic E-state index is 0.596. The highest BCUT2D eigenvalue weighted by atomic mass is 16.5. The third kappa shape index (κ3) is 2.10. The smallest absolute Gasteiger partial charge is 0.0615 e. The zero-order valence-corrected chi connectivity index (χ0v) is 9.33. The van der Waals surface area contributed by atoms with Crippen LogP contribution in [0.25, 0.3) is 0 Å². The number of nitrogens with one attached hydrogen (secondary N) is 1. The molecule has 2 heterocycles. The van der Waals surface area contributed by atoms with Gasteiger partial charge in [-0.2, -0.15) is 0 Å². The molecule has 0 radical (unpaired) electrons. The Balaban J connectivity index is 1.82. The first-order valence-electron chi connectivity index (χ1n) is 5.74. The maximum Gasteiger partial charge on any atom is 0.0615 e. The van der Waals surface area contributed by atoms with Crippen molar-refractivity contribution in [2.45, 2.75) is 31.3 Å². The van der Waals surface area contributed by atoms with E-state index in [9.17, 15) is 0 Å². The molecule has 14 heavy (non-hydrogen) atoms. The molecule has 3 nitrogen and oxygen atoms in total. The second kappa shape index (κ2) is 4.60. The van der Waals surface area contributed by atoms with Gasteiger partial charge in [0, 0.05) is 19.2 Å². The van der Waals surface area contributed by atoms with E-state index in [1.54, 1.807) is 7.11 Å². The van der Waals surface area contributed by atoms with Gasteiger partial charge >= 0.3 is 0 Å². The van der Waals surface area contributed by atoms with Crippen LogP contribution in [-0.2, 0) is 4.74 Å². The molecule has 2 rings (SSSR count). The minimum atomic E-state index is 0.596. The Morgan fingerprint density at radius 2 is 2.36 bits per heavy atom. The van der Waals surface area contributed by atoms with E-state index in [4.69, 9.17) is 4.74 Å². The number of hydrogen-bond donors (Lipinski definition) is 1. The first-order chi connectivity index (χ1) is 6.81. The van der Waals surface area contributed by atoms with E-state index in [0.717, 1.165) is 18.6 Å². The Morgan fingerprint density at radius 3 is 3.00 bits per heavy atom. The van der Waals surface area contributed by atoms with Gasteiger partial charge in [0.05, 0.1) is 6.61 Å². The van der Waals surface area contributed by atoms with E-state index in [1.807, 2.05) is 0 Å². The number of methoxy groups -OCH3 is 1. The molecule has 0 amide bonds. The molecule has 0 aromatic rings. The van der Waals surface area contributed by atoms with Gasteiger partial charge in [0.2, 0.25) is 0 Å². The van der Waals surface area contributed by atoms with Gasteiger partial charge in [0.25, 0.3) is 0 Å². The summed E-state index contributed by atoms with van der Waals surface area (Å²) < 4.78 is 5.19. The fraction of sp³-hybridized carbons (Fsp3) is 1.00. The number of ether oxygens (including phenoxy) is 1. The quantitative estimate of drug-likeness (QED) is 0.722. The fourth-order valence-corrected chi connectivity index (χ4v) is 3.00. The predicted molar refractivity (Wildman–Crippen MR) is 57.4 cm³/mol. The molecule has 2 aliphatic heterocycles. The zero-order chi connectivity index (χ0) is 9.97. The van der Waals surface area contributed by atoms with E-state index in [2.05, 4.69) is 17.3 Å². The van der Waals surface area contributed by atoms with Crippen LogP contribution >= 0.6 is 0 Å². The summed E-state index contributed by atoms with van der Waals surface area (Å²) in [7, 11) is 4.05. The zero-order valence-electron chi connectivity index (χ0n) is 9.33. The van der Waals surface area contributed by atoms with Crippen LogP contribution in [-0.4, -0.2) is 50.8 Å². The summed E-state index contributed by atoms with van der Waals surface area (Å²) in [6, 6.07) is 1.42. The first kappa shape index (κ1) is 10.4. The predicted octanol–water partition coefficient (Wildman–Crippen LogP) is 0.705. The molecule has 3 atom stereocenters. The summed E-state index contributed by atoms with van der Waals surface area (Å²) in [4.78, 5) is 2.53. The number of hydrogen-bond acceptors (Lipinski definition) is 3. The lowest BCUT2D eigenvalue weighted by molar-refractivity contribution is 0.168. The van der Waals surface area contributed by atoms with E-state index in [1.165, 1.54) is 32.4 Å². The highest BCUT2D eigenvalue weighted by Crippen LogP contribution is 2.28. The molecule has 0 bridgehead atoms. The third-order valence-electron chi connectivity index (χ3n) is 3.74. The van der Waals surface area contributed by atoms with E-state index >= 15 is 0 Å². The Kier molecular flexibility index (Phi) is 3.42. The lowest BCUT2D eigenvalue weighted by atomic mass is 9.95. The summed E-state index contributed by atoms with van der Waals surface area (Å²) in [6.07, 6.45) is 4.07. The normalized spacial score (nSPS) is 39.4. The molecular weight excluding hydrogens is 176 g/mol. The number of nitrogens with zero attached hydrogens (tertiary/aromatic N) is 1. The molecule has 0 saturated carbocycles. The summed E-state index contributed by atoms with van der Waals surface area (Å²) in [6.45, 7) is 3.34. The summed E-state index contributed by atoms with van der Waals surface area (Å²) in [5.74, 6) is 0.850. The monoisotopic (exact) mass is 198 g/mol. The molecule has 82 valence electrons. The Bertz CT molecular complexity index is 186. The molecular formula is C11H22N2O. The van der Waals surface area contributed by atoms with Gasteiger partial charge in [-0.25, -0.2) is 0 Å². The molecule has 0 spiro atoms. The SMILES string of the molecule is COCC1CC(C2CCCN2C)CN1. The van der Waals surface area contributed by atoms with E-state index in [0.29, 0.717) is 6.04 Å². The van der Waals surface area contributed by atoms with Crippen LogP contribution in [0.2, 0.25) is 0 Å². The average molecular weight is 198 g/mol. The van der Waals surface area contributed by atoms with Gasteiger partial charge in [-0.05, 0) is 45.3 Å². The third-order valence-corrected chi connectivity index (χ3v) is 3.74. The maximum atomic E-state index is 5.19. The van der Waals surface area contributed by atoms with Crippen molar-refractivity contribution >= 4 is 0 Å². The van der Waals surface area contributed by atoms with Crippen LogP contribution < -0.4 is 5.32 Å². The van der Waals surface area contributed by atoms with Crippen molar-refractivity contribution in [1.82, 2.24) is 10.2 Å². The molecule has 2 aliphatic rings. The second-order valence-corrected chi connectivity index (χ2v) is 4.75. The van der Waals surface area contributed by atoms with Gasteiger partial charge in [0.1, 0.15) is 0 Å². The highest BCUT2D eigenvalue weighted by Gasteiger charge is 2.34. The van der Waals surface area contributed by atoms with Crippen molar-refractivity contribution in [3.63, 3.8) is 0 Å². The number of likely N-dealkylation sites (tertiary alicyclic amines) is 1. The molecule has 0 aliphatic carbocycles. The van der Waals surface area contributed by atoms with Crippen LogP contribution in [0.1, 0.15) is 19.3 Å². The summed E-state index contributed by atoms with van der Waals surface area (Å²) in [5.41, 5.74) is 0. The van der Waals surface area contributed by atoms with Gasteiger partial charge in [-0.15, -0.1) is 0 Å². The van der Waals surface area contributed by atoms with Crippen molar-refractivity contribution in [2.24, 2.45) is 5.92 Å². The lowest BCUT2D eigenvalue weighted by Crippen LogP contribution is -2.33. The summed E-state index contributed by atoms with van der Waals surface area (Å²) >= 11 is 0. The first-order valence-corrected chi connectivity index (χ1v) is 5.74. The average Bonchev–Trinajstić information content (AvgIpc) is 2.74. The minimum Gasteiger partial charge on any atom is -0.383 e. The summed E-state index contributed by atoms with van der Waals surface area (Å²) in [5, 5.41) is 3.55. The van der Waals surface area contributed by atoms with Gasteiger partial charge in [0.15, 0.2) is 0 Å². The van der Waals surface area contributed by atoms with Gasteiger partial charge < -0.3 is 15.0 Å². The van der Waals surface area contributed by atoms with Crippen LogP contribution in [0.5, 0.6) is 0 Å². The lowest BCUT2D eigenvalue weighted by Gasteiger charge is -2.25. The van der Waals surface area contributed by atoms with Crippen LogP contribution in [0, 0.1) is 5.92 Å².